The minimum Gasteiger partial charge on any atom is -0.380 e. The second kappa shape index (κ2) is 4.67. The molecule has 0 atom stereocenters. The molecule has 0 amide bonds. The van der Waals surface area contributed by atoms with Crippen molar-refractivity contribution in [3.05, 3.63) is 60.3 Å². The summed E-state index contributed by atoms with van der Waals surface area (Å²) in [6, 6.07) is 17.6. The normalized spacial score (nSPS) is 10.9. The summed E-state index contributed by atoms with van der Waals surface area (Å²) in [6.45, 7) is 0.618. The number of fused-ring (bicyclic) bond motifs is 1. The molecular formula is C16H14NO. The first kappa shape index (κ1) is 11.1. The van der Waals surface area contributed by atoms with E-state index >= 15 is 0 Å². The van der Waals surface area contributed by atoms with Crippen molar-refractivity contribution < 1.29 is 4.74 Å². The number of methoxy groups -OCH3 is 1. The molecule has 0 bridgehead atoms. The van der Waals surface area contributed by atoms with Crippen molar-refractivity contribution in [2.75, 3.05) is 7.11 Å². The van der Waals surface area contributed by atoms with E-state index in [1.165, 1.54) is 22.1 Å². The lowest BCUT2D eigenvalue weighted by Crippen LogP contribution is -1.91. The highest BCUT2D eigenvalue weighted by Gasteiger charge is 2.05. The quantitative estimate of drug-likeness (QED) is 0.735. The predicted molar refractivity (Wildman–Crippen MR) is 73.3 cm³/mol. The van der Waals surface area contributed by atoms with E-state index in [1.54, 1.807) is 7.11 Å². The molecule has 3 rings (SSSR count). The zero-order valence-corrected chi connectivity index (χ0v) is 10.2. The maximum atomic E-state index is 5.24. The first-order valence-corrected chi connectivity index (χ1v) is 5.94. The first-order valence-electron chi connectivity index (χ1n) is 5.94. The van der Waals surface area contributed by atoms with Crippen molar-refractivity contribution in [1.82, 2.24) is 4.98 Å². The van der Waals surface area contributed by atoms with Crippen LogP contribution in [-0.2, 0) is 11.3 Å². The molecule has 18 heavy (non-hydrogen) atoms. The van der Waals surface area contributed by atoms with Gasteiger partial charge in [-0.3, -0.25) is 0 Å². The van der Waals surface area contributed by atoms with E-state index in [2.05, 4.69) is 41.4 Å². The minimum atomic E-state index is 0.618. The van der Waals surface area contributed by atoms with Crippen molar-refractivity contribution in [3.8, 4) is 11.1 Å². The van der Waals surface area contributed by atoms with Gasteiger partial charge >= 0.3 is 0 Å². The Kier molecular flexibility index (Phi) is 2.87. The van der Waals surface area contributed by atoms with Gasteiger partial charge < -0.3 is 9.72 Å². The highest BCUT2D eigenvalue weighted by molar-refractivity contribution is 5.85. The number of ether oxygens (including phenoxy) is 1. The second-order valence-electron chi connectivity index (χ2n) is 4.30. The van der Waals surface area contributed by atoms with Crippen molar-refractivity contribution in [1.29, 1.82) is 0 Å². The number of H-pyrrole nitrogens is 1. The van der Waals surface area contributed by atoms with Crippen LogP contribution < -0.4 is 0 Å². The number of nitrogens with one attached hydrogen (secondary N) is 1. The van der Waals surface area contributed by atoms with Crippen molar-refractivity contribution in [2.24, 2.45) is 0 Å². The smallest absolute Gasteiger partial charge is 0.0719 e. The Bertz CT molecular complexity index is 669. The topological polar surface area (TPSA) is 25.0 Å². The molecule has 0 fully saturated rings. The molecule has 89 valence electrons. The Morgan fingerprint density at radius 1 is 1.22 bits per heavy atom. The Labute approximate surface area is 106 Å². The van der Waals surface area contributed by atoms with E-state index in [0.717, 1.165) is 5.52 Å². The van der Waals surface area contributed by atoms with E-state index < -0.39 is 0 Å². The lowest BCUT2D eigenvalue weighted by molar-refractivity contribution is 0.185. The molecule has 2 heteroatoms. The number of hydrogen-bond donors (Lipinski definition) is 1. The van der Waals surface area contributed by atoms with Gasteiger partial charge in [0.15, 0.2) is 0 Å². The second-order valence-corrected chi connectivity index (χ2v) is 4.30. The predicted octanol–water partition coefficient (Wildman–Crippen LogP) is 3.78. The fourth-order valence-corrected chi connectivity index (χ4v) is 2.23. The van der Waals surface area contributed by atoms with Gasteiger partial charge in [-0.1, -0.05) is 24.3 Å². The van der Waals surface area contributed by atoms with Crippen molar-refractivity contribution in [2.45, 2.75) is 6.61 Å². The number of aromatic amines is 1. The summed E-state index contributed by atoms with van der Waals surface area (Å²) in [6.07, 6.45) is 1.96. The molecule has 1 aromatic heterocycles. The Balaban J connectivity index is 2.12. The highest BCUT2D eigenvalue weighted by Crippen LogP contribution is 2.27. The van der Waals surface area contributed by atoms with Gasteiger partial charge in [-0.15, -0.1) is 0 Å². The van der Waals surface area contributed by atoms with Gasteiger partial charge in [-0.05, 0) is 46.3 Å². The average Bonchev–Trinajstić information content (AvgIpc) is 2.87. The van der Waals surface area contributed by atoms with Crippen LogP contribution in [0.3, 0.4) is 0 Å². The van der Waals surface area contributed by atoms with Gasteiger partial charge in [0.1, 0.15) is 0 Å². The molecule has 1 N–H and O–H groups in total. The zero-order valence-electron chi connectivity index (χ0n) is 10.2. The third-order valence-electron chi connectivity index (χ3n) is 3.12. The molecule has 0 spiro atoms. The highest BCUT2D eigenvalue weighted by atomic mass is 16.5. The molecule has 1 heterocycles. The van der Waals surface area contributed by atoms with Gasteiger partial charge in [0, 0.05) is 18.8 Å². The lowest BCUT2D eigenvalue weighted by atomic mass is 9.99. The van der Waals surface area contributed by atoms with Crippen LogP contribution in [0.2, 0.25) is 0 Å². The van der Waals surface area contributed by atoms with Crippen LogP contribution >= 0.6 is 0 Å². The van der Waals surface area contributed by atoms with Crippen LogP contribution in [0, 0.1) is 6.07 Å². The minimum absolute atomic E-state index is 0.618. The number of rotatable bonds is 3. The Hall–Kier alpha value is -2.06. The van der Waals surface area contributed by atoms with Crippen LogP contribution in [0.15, 0.2) is 48.7 Å². The van der Waals surface area contributed by atoms with E-state index in [0.29, 0.717) is 6.61 Å². The largest absolute Gasteiger partial charge is 0.380 e. The maximum Gasteiger partial charge on any atom is 0.0719 e. The molecule has 2 aromatic carbocycles. The van der Waals surface area contributed by atoms with Gasteiger partial charge in [0.2, 0.25) is 0 Å². The summed E-state index contributed by atoms with van der Waals surface area (Å²) in [5, 5.41) is 1.23. The zero-order chi connectivity index (χ0) is 12.4. The van der Waals surface area contributed by atoms with Crippen LogP contribution in [0.4, 0.5) is 0 Å². The summed E-state index contributed by atoms with van der Waals surface area (Å²) < 4.78 is 5.24. The fourth-order valence-electron chi connectivity index (χ4n) is 2.23. The molecule has 0 saturated heterocycles. The van der Waals surface area contributed by atoms with Gasteiger partial charge in [-0.2, -0.15) is 0 Å². The number of benzene rings is 2. The van der Waals surface area contributed by atoms with Crippen LogP contribution in [-0.4, -0.2) is 12.1 Å². The molecule has 3 aromatic rings. The molecule has 0 unspecified atom stereocenters. The monoisotopic (exact) mass is 236 g/mol. The van der Waals surface area contributed by atoms with Crippen LogP contribution in [0.5, 0.6) is 0 Å². The fraction of sp³-hybridized carbons (Fsp3) is 0.125. The first-order chi connectivity index (χ1) is 8.88. The molecular weight excluding hydrogens is 222 g/mol. The van der Waals surface area contributed by atoms with Crippen LogP contribution in [0.1, 0.15) is 5.56 Å². The SMILES string of the molecule is COCc1cc[c]cc1-c1ccc2cc[nH]c2c1. The molecule has 0 aliphatic heterocycles. The summed E-state index contributed by atoms with van der Waals surface area (Å²) in [4.78, 5) is 3.24. The number of aromatic nitrogens is 1. The molecule has 0 aliphatic carbocycles. The van der Waals surface area contributed by atoms with Gasteiger partial charge in [-0.25, -0.2) is 0 Å². The maximum absolute atomic E-state index is 5.24. The third kappa shape index (κ3) is 1.91. The Morgan fingerprint density at radius 3 is 3.06 bits per heavy atom. The van der Waals surface area contributed by atoms with E-state index in [9.17, 15) is 0 Å². The summed E-state index contributed by atoms with van der Waals surface area (Å²) >= 11 is 0. The van der Waals surface area contributed by atoms with Gasteiger partial charge in [0.05, 0.1) is 6.61 Å². The molecule has 0 saturated carbocycles. The number of hydrogen-bond acceptors (Lipinski definition) is 1. The van der Waals surface area contributed by atoms with E-state index in [4.69, 9.17) is 4.74 Å². The van der Waals surface area contributed by atoms with E-state index in [1.807, 2.05) is 18.3 Å². The Morgan fingerprint density at radius 2 is 2.17 bits per heavy atom. The van der Waals surface area contributed by atoms with E-state index in [-0.39, 0.29) is 0 Å². The molecule has 0 aliphatic rings. The van der Waals surface area contributed by atoms with Crippen molar-refractivity contribution in [3.63, 3.8) is 0 Å². The summed E-state index contributed by atoms with van der Waals surface area (Å²) in [7, 11) is 1.72. The van der Waals surface area contributed by atoms with Crippen molar-refractivity contribution >= 4 is 10.9 Å². The summed E-state index contributed by atoms with van der Waals surface area (Å²) in [5.74, 6) is 0. The molecule has 2 nitrogen and oxygen atoms in total. The lowest BCUT2D eigenvalue weighted by Gasteiger charge is -2.08. The standard InChI is InChI=1S/C16H14NO/c1-18-11-14-4-2-3-5-15(14)13-7-6-12-8-9-17-16(12)10-13/h2,4-10,17H,11H2,1H3. The summed E-state index contributed by atoms with van der Waals surface area (Å²) in [5.41, 5.74) is 4.70. The molecule has 1 radical (unpaired) electrons. The average molecular weight is 236 g/mol. The van der Waals surface area contributed by atoms with Gasteiger partial charge in [0.25, 0.3) is 0 Å². The van der Waals surface area contributed by atoms with Crippen LogP contribution in [0.25, 0.3) is 22.0 Å². The third-order valence-corrected chi connectivity index (χ3v) is 3.12.